The molecule has 0 aromatic carbocycles. The molecule has 0 amide bonds. The zero-order chi connectivity index (χ0) is 8.32. The normalized spacial score (nSPS) is 20.2. The van der Waals surface area contributed by atoms with Crippen LogP contribution in [-0.4, -0.2) is 5.25 Å². The second-order valence-electron chi connectivity index (χ2n) is 2.81. The number of hydrogen-bond donors (Lipinski definition) is 0. The minimum absolute atomic E-state index is 0. The minimum atomic E-state index is -3.48. The molecule has 1 fully saturated rings. The van der Waals surface area contributed by atoms with E-state index < -0.39 is 5.69 Å². The Bertz CT molecular complexity index is 167. The van der Waals surface area contributed by atoms with Crippen LogP contribution in [0.25, 0.3) is 0 Å². The Morgan fingerprint density at radius 1 is 1.17 bits per heavy atom. The maximum absolute atomic E-state index is 10.7. The second kappa shape index (κ2) is 6.11. The third-order valence-electron chi connectivity index (χ3n) is 1.83. The van der Waals surface area contributed by atoms with Crippen LogP contribution in [0.2, 0.25) is 0 Å². The Labute approximate surface area is 95.2 Å². The third-order valence-corrected chi connectivity index (χ3v) is 5.30. The maximum Gasteiger partial charge on any atom is 2.00 e. The molecule has 1 aliphatic carbocycles. The maximum atomic E-state index is 10.7. The molecule has 0 unspecified atom stereocenters. The first-order valence-corrected chi connectivity index (χ1v) is 7.91. The van der Waals surface area contributed by atoms with Gasteiger partial charge in [0.25, 0.3) is 0 Å². The predicted octanol–water partition coefficient (Wildman–Crippen LogP) is 0.995. The molecule has 0 aromatic heterocycles. The van der Waals surface area contributed by atoms with Crippen molar-refractivity contribution >= 4 is 28.9 Å². The number of hydrogen-bond acceptors (Lipinski definition) is 4. The Balaban J connectivity index is 0.00000121. The van der Waals surface area contributed by atoms with Crippen LogP contribution >= 0.6 is 17.1 Å². The molecule has 66 valence electrons. The van der Waals surface area contributed by atoms with Gasteiger partial charge in [0, 0.05) is 5.25 Å². The average molecular weight is 276 g/mol. The smallest absolute Gasteiger partial charge is 0.825 e. The molecule has 2 nitrogen and oxygen atoms in total. The van der Waals surface area contributed by atoms with Crippen LogP contribution < -0.4 is 9.79 Å². The fourth-order valence-corrected chi connectivity index (χ4v) is 5.09. The van der Waals surface area contributed by atoms with Gasteiger partial charge in [-0.15, -0.1) is 11.8 Å². The molecule has 0 saturated heterocycles. The van der Waals surface area contributed by atoms with E-state index in [1.165, 1.54) is 6.42 Å². The van der Waals surface area contributed by atoms with Gasteiger partial charge in [-0.05, 0) is 12.8 Å². The van der Waals surface area contributed by atoms with Gasteiger partial charge in [0.2, 0.25) is 0 Å². The van der Waals surface area contributed by atoms with Crippen LogP contribution in [0.5, 0.6) is 0 Å². The van der Waals surface area contributed by atoms with Gasteiger partial charge < -0.3 is 9.79 Å². The van der Waals surface area contributed by atoms with E-state index in [9.17, 15) is 9.79 Å². The molecule has 0 N–H and O–H groups in total. The SMILES string of the molecule is [O-]P([O-])(=S)SC1CCCCC1.[Zn+2]. The molecule has 0 spiro atoms. The van der Waals surface area contributed by atoms with Crippen LogP contribution in [0.4, 0.5) is 0 Å². The first-order chi connectivity index (χ1) is 5.08. The van der Waals surface area contributed by atoms with Crippen molar-refractivity contribution in [3.05, 3.63) is 0 Å². The first kappa shape index (κ1) is 13.5. The summed E-state index contributed by atoms with van der Waals surface area (Å²) in [6, 6.07) is 0. The van der Waals surface area contributed by atoms with E-state index >= 15 is 0 Å². The molecule has 6 heteroatoms. The van der Waals surface area contributed by atoms with Crippen LogP contribution in [0, 0.1) is 0 Å². The van der Waals surface area contributed by atoms with Gasteiger partial charge in [-0.2, -0.15) is 17.1 Å². The third kappa shape index (κ3) is 6.07. The molecular weight excluding hydrogens is 265 g/mol. The summed E-state index contributed by atoms with van der Waals surface area (Å²) in [6.45, 7) is 0. The van der Waals surface area contributed by atoms with Gasteiger partial charge >= 0.3 is 19.5 Å². The zero-order valence-corrected chi connectivity index (χ0v) is 12.4. The minimum Gasteiger partial charge on any atom is -0.825 e. The number of rotatable bonds is 2. The Hall–Kier alpha value is 1.54. The van der Waals surface area contributed by atoms with E-state index in [0.717, 1.165) is 37.1 Å². The standard InChI is InChI=1S/C6H13O2PS2.Zn/c7-9(8,10)11-6-4-2-1-3-5-6;/h6H,1-5H2,(H2,7,8,10);/q;+2/p-2. The molecule has 0 bridgehead atoms. The van der Waals surface area contributed by atoms with Crippen molar-refractivity contribution in [2.24, 2.45) is 0 Å². The Morgan fingerprint density at radius 3 is 2.08 bits per heavy atom. The summed E-state index contributed by atoms with van der Waals surface area (Å²) in [7, 11) is 0. The summed E-state index contributed by atoms with van der Waals surface area (Å²) < 4.78 is 0. The second-order valence-corrected chi connectivity index (χ2v) is 8.79. The van der Waals surface area contributed by atoms with Crippen molar-refractivity contribution in [1.82, 2.24) is 0 Å². The molecule has 12 heavy (non-hydrogen) atoms. The molecule has 0 aromatic rings. The van der Waals surface area contributed by atoms with E-state index in [2.05, 4.69) is 11.8 Å². The van der Waals surface area contributed by atoms with Crippen LogP contribution in [0.1, 0.15) is 32.1 Å². The predicted molar refractivity (Wildman–Crippen MR) is 48.7 cm³/mol. The van der Waals surface area contributed by atoms with Crippen LogP contribution in [0.15, 0.2) is 0 Å². The fourth-order valence-electron chi connectivity index (χ4n) is 1.35. The molecule has 0 atom stereocenters. The van der Waals surface area contributed by atoms with Gasteiger partial charge in [-0.1, -0.05) is 19.3 Å². The van der Waals surface area contributed by atoms with Gasteiger partial charge in [0.05, 0.1) is 0 Å². The molecule has 0 aliphatic heterocycles. The topological polar surface area (TPSA) is 46.1 Å². The summed E-state index contributed by atoms with van der Waals surface area (Å²) >= 11 is 5.32. The molecular formula is C6H11O2PS2Zn. The summed E-state index contributed by atoms with van der Waals surface area (Å²) in [5, 5.41) is 0.282. The molecule has 0 radical (unpaired) electrons. The fraction of sp³-hybridized carbons (Fsp3) is 1.00. The monoisotopic (exact) mass is 274 g/mol. The van der Waals surface area contributed by atoms with E-state index in [0.29, 0.717) is 0 Å². The summed E-state index contributed by atoms with van der Waals surface area (Å²) in [5.74, 6) is 0. The van der Waals surface area contributed by atoms with Crippen molar-refractivity contribution < 1.29 is 29.3 Å². The van der Waals surface area contributed by atoms with Crippen molar-refractivity contribution in [2.45, 2.75) is 37.4 Å². The van der Waals surface area contributed by atoms with Crippen molar-refractivity contribution in [1.29, 1.82) is 0 Å². The van der Waals surface area contributed by atoms with Crippen molar-refractivity contribution in [2.75, 3.05) is 0 Å². The van der Waals surface area contributed by atoms with Gasteiger partial charge in [-0.3, -0.25) is 0 Å². The Morgan fingerprint density at radius 2 is 1.67 bits per heavy atom. The zero-order valence-electron chi connectivity index (χ0n) is 6.90. The summed E-state index contributed by atoms with van der Waals surface area (Å²) in [6.07, 6.45) is 5.61. The molecule has 0 heterocycles. The Kier molecular flexibility index (Phi) is 6.89. The molecule has 1 saturated carbocycles. The first-order valence-electron chi connectivity index (χ1n) is 3.78. The van der Waals surface area contributed by atoms with E-state index in [-0.39, 0.29) is 24.7 Å². The summed E-state index contributed by atoms with van der Waals surface area (Å²) in [4.78, 5) is 21.4. The van der Waals surface area contributed by atoms with E-state index in [4.69, 9.17) is 0 Å². The average Bonchev–Trinajstić information content (AvgIpc) is 1.85. The van der Waals surface area contributed by atoms with Crippen molar-refractivity contribution in [3.63, 3.8) is 0 Å². The summed E-state index contributed by atoms with van der Waals surface area (Å²) in [5.41, 5.74) is -3.48. The quantitative estimate of drug-likeness (QED) is 0.557. The van der Waals surface area contributed by atoms with Gasteiger partial charge in [0.1, 0.15) is 0 Å². The molecule has 1 aliphatic rings. The van der Waals surface area contributed by atoms with Gasteiger partial charge in [0.15, 0.2) is 0 Å². The van der Waals surface area contributed by atoms with Crippen LogP contribution in [-0.2, 0) is 31.3 Å². The van der Waals surface area contributed by atoms with Crippen molar-refractivity contribution in [3.8, 4) is 0 Å². The van der Waals surface area contributed by atoms with E-state index in [1.807, 2.05) is 0 Å². The van der Waals surface area contributed by atoms with E-state index in [1.54, 1.807) is 0 Å². The molecule has 1 rings (SSSR count). The largest absolute Gasteiger partial charge is 2.00 e. The van der Waals surface area contributed by atoms with Gasteiger partial charge in [-0.25, -0.2) is 0 Å². The van der Waals surface area contributed by atoms with Crippen LogP contribution in [0.3, 0.4) is 0 Å².